The van der Waals surface area contributed by atoms with Gasteiger partial charge in [-0.3, -0.25) is 5.73 Å². The van der Waals surface area contributed by atoms with Crippen molar-refractivity contribution in [3.05, 3.63) is 0 Å². The predicted molar refractivity (Wildman–Crippen MR) is 31.4 cm³/mol. The van der Waals surface area contributed by atoms with E-state index in [4.69, 9.17) is 5.11 Å². The lowest BCUT2D eigenvalue weighted by atomic mass is 10.2. The summed E-state index contributed by atoms with van der Waals surface area (Å²) in [5.41, 5.74) is 6.44. The van der Waals surface area contributed by atoms with E-state index in [1.165, 1.54) is 0 Å². The van der Waals surface area contributed by atoms with Crippen LogP contribution in [0.2, 0.25) is 0 Å². The zero-order valence-corrected chi connectivity index (χ0v) is 5.67. The Hall–Kier alpha value is -0.940. The van der Waals surface area contributed by atoms with Gasteiger partial charge in [-0.15, -0.1) is 0 Å². The average Bonchev–Trinajstić information content (AvgIpc) is 1.82. The Labute approximate surface area is 58.0 Å². The van der Waals surface area contributed by atoms with E-state index < -0.39 is 12.0 Å². The second kappa shape index (κ2) is 3.97. The van der Waals surface area contributed by atoms with Crippen LogP contribution in [0.3, 0.4) is 0 Å². The lowest BCUT2D eigenvalue weighted by Gasteiger charge is -1.97. The predicted octanol–water partition coefficient (Wildman–Crippen LogP) is -2.77. The Balaban J connectivity index is 3.49. The van der Waals surface area contributed by atoms with Gasteiger partial charge in [-0.25, -0.2) is 9.59 Å². The van der Waals surface area contributed by atoms with Crippen LogP contribution in [0.5, 0.6) is 0 Å². The largest absolute Gasteiger partial charge is 0.477 e. The van der Waals surface area contributed by atoms with E-state index in [-0.39, 0.29) is 18.7 Å². The third-order valence-electron chi connectivity index (χ3n) is 1.12. The highest BCUT2D eigenvalue weighted by Crippen LogP contribution is 1.89. The molecule has 0 rings (SSSR count). The zero-order chi connectivity index (χ0) is 8.15. The number of rotatable bonds is 4. The first kappa shape index (κ1) is 9.06. The number of carbonyl (C=O) groups excluding carboxylic acids is 1. The highest BCUT2D eigenvalue weighted by Gasteiger charge is 2.16. The topological polar surface area (TPSA) is 110 Å². The Kier molecular flexibility index (Phi) is 3.60. The summed E-state index contributed by atoms with van der Waals surface area (Å²) >= 11 is 0. The van der Waals surface area contributed by atoms with Crippen molar-refractivity contribution in [1.82, 2.24) is 0 Å². The van der Waals surface area contributed by atoms with E-state index >= 15 is 0 Å². The van der Waals surface area contributed by atoms with Crippen LogP contribution in [0.25, 0.3) is 0 Å². The van der Waals surface area contributed by atoms with Crippen LogP contribution in [0.15, 0.2) is 0 Å². The van der Waals surface area contributed by atoms with Gasteiger partial charge >= 0.3 is 11.9 Å². The van der Waals surface area contributed by atoms with Crippen molar-refractivity contribution < 1.29 is 26.2 Å². The molecule has 0 spiro atoms. The van der Waals surface area contributed by atoms with Gasteiger partial charge in [0.15, 0.2) is 6.04 Å². The van der Waals surface area contributed by atoms with Gasteiger partial charge < -0.3 is 10.8 Å². The SMILES string of the molecule is [NH3+]C(=O)CCC([NH3+])C(=O)O. The molecule has 0 aliphatic carbocycles. The number of carbonyl (C=O) groups is 2. The minimum atomic E-state index is -0.971. The molecular formula is C5H12N2O3+2. The van der Waals surface area contributed by atoms with Gasteiger partial charge in [0.05, 0.1) is 6.42 Å². The molecule has 5 nitrogen and oxygen atoms in total. The highest BCUT2D eigenvalue weighted by molar-refractivity contribution is 5.72. The summed E-state index contributed by atoms with van der Waals surface area (Å²) in [7, 11) is 0. The number of hydrogen-bond donors (Lipinski definition) is 3. The molecule has 0 aliphatic rings. The molecule has 0 saturated carbocycles. The maximum Gasteiger partial charge on any atom is 0.362 e. The summed E-state index contributed by atoms with van der Waals surface area (Å²) in [6.07, 6.45) is 0.470. The standard InChI is InChI=1S/C5H10N2O3/c6-3(5(9)10)1-2-4(7)8/h3H,1-2,6H2,(H2,7,8)(H,9,10)/p+2. The van der Waals surface area contributed by atoms with Gasteiger partial charge in [0.1, 0.15) is 0 Å². The number of aliphatic carboxylic acids is 1. The van der Waals surface area contributed by atoms with Gasteiger partial charge in [0, 0.05) is 6.42 Å². The van der Waals surface area contributed by atoms with Crippen molar-refractivity contribution in [1.29, 1.82) is 0 Å². The molecule has 1 atom stereocenters. The fourth-order valence-electron chi connectivity index (χ4n) is 0.459. The smallest absolute Gasteiger partial charge is 0.362 e. The van der Waals surface area contributed by atoms with Gasteiger partial charge in [-0.1, -0.05) is 0 Å². The van der Waals surface area contributed by atoms with Crippen molar-refractivity contribution in [2.24, 2.45) is 0 Å². The molecule has 7 N–H and O–H groups in total. The van der Waals surface area contributed by atoms with Crippen molar-refractivity contribution in [3.63, 3.8) is 0 Å². The van der Waals surface area contributed by atoms with Gasteiger partial charge in [0.25, 0.3) is 0 Å². The van der Waals surface area contributed by atoms with E-state index in [0.29, 0.717) is 0 Å². The lowest BCUT2D eigenvalue weighted by Crippen LogP contribution is -2.66. The zero-order valence-electron chi connectivity index (χ0n) is 5.67. The van der Waals surface area contributed by atoms with Gasteiger partial charge in [-0.2, -0.15) is 0 Å². The molecule has 0 heterocycles. The van der Waals surface area contributed by atoms with Crippen LogP contribution in [0.1, 0.15) is 12.8 Å². The molecule has 0 radical (unpaired) electrons. The number of amides is 1. The first-order valence-corrected chi connectivity index (χ1v) is 2.94. The van der Waals surface area contributed by atoms with E-state index in [1.54, 1.807) is 0 Å². The summed E-state index contributed by atoms with van der Waals surface area (Å²) in [6.45, 7) is 0. The van der Waals surface area contributed by atoms with Crippen LogP contribution in [-0.2, 0) is 9.59 Å². The van der Waals surface area contributed by atoms with Crippen LogP contribution >= 0.6 is 0 Å². The van der Waals surface area contributed by atoms with E-state index in [2.05, 4.69) is 11.5 Å². The fourth-order valence-corrected chi connectivity index (χ4v) is 0.459. The summed E-state index contributed by atoms with van der Waals surface area (Å²) in [5.74, 6) is -1.21. The van der Waals surface area contributed by atoms with E-state index in [1.807, 2.05) is 0 Å². The molecule has 5 heteroatoms. The summed E-state index contributed by atoms with van der Waals surface area (Å²) in [5, 5.41) is 8.30. The molecule has 0 aromatic heterocycles. The molecule has 0 aromatic rings. The lowest BCUT2D eigenvalue weighted by molar-refractivity contribution is -0.409. The quantitative estimate of drug-likeness (QED) is 0.401. The number of quaternary nitrogens is 2. The monoisotopic (exact) mass is 148 g/mol. The Morgan fingerprint density at radius 1 is 1.50 bits per heavy atom. The van der Waals surface area contributed by atoms with Crippen LogP contribution < -0.4 is 11.5 Å². The summed E-state index contributed by atoms with van der Waals surface area (Å²) < 4.78 is 0. The fraction of sp³-hybridized carbons (Fsp3) is 0.600. The molecule has 0 saturated heterocycles. The second-order valence-corrected chi connectivity index (χ2v) is 2.11. The second-order valence-electron chi connectivity index (χ2n) is 2.11. The molecular weight excluding hydrogens is 136 g/mol. The first-order chi connectivity index (χ1) is 4.54. The maximum absolute atomic E-state index is 10.2. The van der Waals surface area contributed by atoms with Crippen molar-refractivity contribution in [2.45, 2.75) is 18.9 Å². The van der Waals surface area contributed by atoms with Crippen LogP contribution in [-0.4, -0.2) is 23.0 Å². The highest BCUT2D eigenvalue weighted by atomic mass is 16.4. The minimum absolute atomic E-state index is 0.195. The molecule has 0 bridgehead atoms. The minimum Gasteiger partial charge on any atom is -0.477 e. The normalized spacial score (nSPS) is 12.6. The summed E-state index contributed by atoms with van der Waals surface area (Å²) in [6, 6.07) is -0.689. The number of carboxylic acids is 1. The molecule has 1 unspecified atom stereocenters. The Bertz CT molecular complexity index is 146. The van der Waals surface area contributed by atoms with Crippen molar-refractivity contribution in [3.8, 4) is 0 Å². The molecule has 0 fully saturated rings. The molecule has 58 valence electrons. The Morgan fingerprint density at radius 3 is 2.30 bits per heavy atom. The third-order valence-corrected chi connectivity index (χ3v) is 1.12. The average molecular weight is 148 g/mol. The molecule has 10 heavy (non-hydrogen) atoms. The van der Waals surface area contributed by atoms with Crippen LogP contribution in [0.4, 0.5) is 0 Å². The van der Waals surface area contributed by atoms with Crippen molar-refractivity contribution in [2.75, 3.05) is 0 Å². The maximum atomic E-state index is 10.2. The number of carboxylic acid groups (broad SMARTS) is 1. The molecule has 0 aliphatic heterocycles. The van der Waals surface area contributed by atoms with E-state index in [0.717, 1.165) is 0 Å². The number of hydrogen-bond acceptors (Lipinski definition) is 2. The van der Waals surface area contributed by atoms with Gasteiger partial charge in [-0.05, 0) is 0 Å². The Morgan fingerprint density at radius 2 is 2.00 bits per heavy atom. The summed E-state index contributed by atoms with van der Waals surface area (Å²) in [4.78, 5) is 20.4. The molecule has 1 amide bonds. The molecule has 0 aromatic carbocycles. The third kappa shape index (κ3) is 3.99. The van der Waals surface area contributed by atoms with Crippen LogP contribution in [0, 0.1) is 0 Å². The van der Waals surface area contributed by atoms with Crippen molar-refractivity contribution >= 4 is 11.9 Å². The first-order valence-electron chi connectivity index (χ1n) is 2.94. The van der Waals surface area contributed by atoms with Gasteiger partial charge in [0.2, 0.25) is 0 Å². The van der Waals surface area contributed by atoms with E-state index in [9.17, 15) is 9.59 Å².